The van der Waals surface area contributed by atoms with Crippen LogP contribution >= 0.6 is 0 Å². The maximum Gasteiger partial charge on any atom is 0.252 e. The van der Waals surface area contributed by atoms with E-state index in [-0.39, 0.29) is 11.9 Å². The van der Waals surface area contributed by atoms with Crippen LogP contribution in [0.2, 0.25) is 0 Å². The molecule has 0 radical (unpaired) electrons. The first-order chi connectivity index (χ1) is 10.7. The molecule has 114 valence electrons. The molecule has 0 spiro atoms. The predicted molar refractivity (Wildman–Crippen MR) is 90.2 cm³/mol. The van der Waals surface area contributed by atoms with Crippen LogP contribution in [0.15, 0.2) is 60.7 Å². The zero-order chi connectivity index (χ0) is 15.8. The molecule has 0 aromatic heterocycles. The molecule has 1 atom stereocenters. The van der Waals surface area contributed by atoms with Gasteiger partial charge in [0, 0.05) is 18.7 Å². The lowest BCUT2D eigenvalue weighted by atomic mass is 10.0. The quantitative estimate of drug-likeness (QED) is 0.655. The van der Waals surface area contributed by atoms with Crippen molar-refractivity contribution in [3.63, 3.8) is 0 Å². The Balaban J connectivity index is 2.30. The molecule has 0 saturated heterocycles. The summed E-state index contributed by atoms with van der Waals surface area (Å²) in [6.07, 6.45) is 1.91. The molecule has 1 amide bonds. The number of hydrogen-bond donors (Lipinski definition) is 1. The van der Waals surface area contributed by atoms with Gasteiger partial charge in [-0.25, -0.2) is 0 Å². The Kier molecular flexibility index (Phi) is 5.92. The molecular weight excluding hydrogens is 274 g/mol. The lowest BCUT2D eigenvalue weighted by Gasteiger charge is -2.15. The van der Waals surface area contributed by atoms with E-state index >= 15 is 0 Å². The lowest BCUT2D eigenvalue weighted by molar-refractivity contribution is -0.116. The van der Waals surface area contributed by atoms with Crippen molar-refractivity contribution in [3.8, 4) is 0 Å². The number of amides is 1. The average molecular weight is 295 g/mol. The molecule has 1 N–H and O–H groups in total. The molecular formula is C19H21NO2. The third-order valence-corrected chi connectivity index (χ3v) is 3.23. The van der Waals surface area contributed by atoms with Gasteiger partial charge in [-0.2, -0.15) is 0 Å². The summed E-state index contributed by atoms with van der Waals surface area (Å²) >= 11 is 0. The van der Waals surface area contributed by atoms with Crippen LogP contribution in [-0.2, 0) is 9.53 Å². The first-order valence-electron chi connectivity index (χ1n) is 7.32. The van der Waals surface area contributed by atoms with Gasteiger partial charge in [-0.3, -0.25) is 4.79 Å². The summed E-state index contributed by atoms with van der Waals surface area (Å²) < 4.78 is 5.07. The number of carbonyl (C=O) groups is 1. The monoisotopic (exact) mass is 295 g/mol. The Hall–Kier alpha value is -2.39. The summed E-state index contributed by atoms with van der Waals surface area (Å²) in [5.74, 6) is -0.0976. The summed E-state index contributed by atoms with van der Waals surface area (Å²) in [6.45, 7) is 2.41. The van der Waals surface area contributed by atoms with Crippen LogP contribution in [0.4, 0.5) is 0 Å². The van der Waals surface area contributed by atoms with Crippen LogP contribution in [0.1, 0.15) is 18.1 Å². The minimum absolute atomic E-state index is 0.0413. The minimum Gasteiger partial charge on any atom is -0.383 e. The largest absolute Gasteiger partial charge is 0.383 e. The fourth-order valence-corrected chi connectivity index (χ4v) is 2.21. The summed E-state index contributed by atoms with van der Waals surface area (Å²) in [5, 5.41) is 2.97. The number of carbonyl (C=O) groups excluding carboxylic acids is 1. The SMILES string of the molecule is COC[C@@H](C)NC(=O)/C(=C/c1ccccc1)c1ccccc1. The number of nitrogens with one attached hydrogen (secondary N) is 1. The summed E-state index contributed by atoms with van der Waals surface area (Å²) in [6, 6.07) is 19.5. The van der Waals surface area contributed by atoms with E-state index in [9.17, 15) is 4.79 Å². The Morgan fingerprint density at radius 2 is 1.68 bits per heavy atom. The van der Waals surface area contributed by atoms with E-state index in [2.05, 4.69) is 5.32 Å². The molecule has 0 saturated carbocycles. The van der Waals surface area contributed by atoms with Crippen molar-refractivity contribution in [2.45, 2.75) is 13.0 Å². The van der Waals surface area contributed by atoms with Gasteiger partial charge in [0.15, 0.2) is 0 Å². The second-order valence-corrected chi connectivity index (χ2v) is 5.16. The summed E-state index contributed by atoms with van der Waals surface area (Å²) in [7, 11) is 1.63. The molecule has 3 nitrogen and oxygen atoms in total. The number of hydrogen-bond acceptors (Lipinski definition) is 2. The van der Waals surface area contributed by atoms with Crippen molar-refractivity contribution >= 4 is 17.6 Å². The van der Waals surface area contributed by atoms with Crippen LogP contribution < -0.4 is 5.32 Å². The third kappa shape index (κ3) is 4.57. The molecule has 3 heteroatoms. The molecule has 0 fully saturated rings. The smallest absolute Gasteiger partial charge is 0.252 e. The number of ether oxygens (including phenoxy) is 1. The first-order valence-corrected chi connectivity index (χ1v) is 7.32. The van der Waals surface area contributed by atoms with Gasteiger partial charge in [-0.1, -0.05) is 60.7 Å². The molecule has 2 rings (SSSR count). The highest BCUT2D eigenvalue weighted by molar-refractivity contribution is 6.24. The highest BCUT2D eigenvalue weighted by Gasteiger charge is 2.14. The van der Waals surface area contributed by atoms with Gasteiger partial charge in [-0.15, -0.1) is 0 Å². The van der Waals surface area contributed by atoms with Crippen molar-refractivity contribution in [2.75, 3.05) is 13.7 Å². The Bertz CT molecular complexity index is 620. The van der Waals surface area contributed by atoms with Crippen LogP contribution in [0.3, 0.4) is 0 Å². The van der Waals surface area contributed by atoms with Crippen LogP contribution in [0.25, 0.3) is 11.6 Å². The van der Waals surface area contributed by atoms with Crippen molar-refractivity contribution in [2.24, 2.45) is 0 Å². The number of rotatable bonds is 6. The van der Waals surface area contributed by atoms with E-state index in [4.69, 9.17) is 4.74 Å². The van der Waals surface area contributed by atoms with Crippen LogP contribution in [-0.4, -0.2) is 25.7 Å². The predicted octanol–water partition coefficient (Wildman–Crippen LogP) is 3.38. The molecule has 0 unspecified atom stereocenters. The Labute approximate surface area is 131 Å². The van der Waals surface area contributed by atoms with E-state index in [1.807, 2.05) is 73.7 Å². The molecule has 0 aliphatic heterocycles. The molecule has 0 aliphatic carbocycles. The van der Waals surface area contributed by atoms with Gasteiger partial charge in [-0.05, 0) is 24.1 Å². The van der Waals surface area contributed by atoms with Crippen molar-refractivity contribution in [1.29, 1.82) is 0 Å². The fraction of sp³-hybridized carbons (Fsp3) is 0.211. The van der Waals surface area contributed by atoms with Crippen LogP contribution in [0.5, 0.6) is 0 Å². The molecule has 0 bridgehead atoms. The van der Waals surface area contributed by atoms with E-state index < -0.39 is 0 Å². The molecule has 2 aromatic carbocycles. The zero-order valence-electron chi connectivity index (χ0n) is 13.0. The highest BCUT2D eigenvalue weighted by Crippen LogP contribution is 2.18. The van der Waals surface area contributed by atoms with Crippen molar-refractivity contribution in [1.82, 2.24) is 5.32 Å². The Morgan fingerprint density at radius 1 is 1.09 bits per heavy atom. The van der Waals surface area contributed by atoms with Crippen LogP contribution in [0, 0.1) is 0 Å². The number of benzene rings is 2. The highest BCUT2D eigenvalue weighted by atomic mass is 16.5. The lowest BCUT2D eigenvalue weighted by Crippen LogP contribution is -2.36. The normalized spacial score (nSPS) is 12.7. The van der Waals surface area contributed by atoms with E-state index in [1.54, 1.807) is 7.11 Å². The Morgan fingerprint density at radius 3 is 2.27 bits per heavy atom. The molecule has 22 heavy (non-hydrogen) atoms. The van der Waals surface area contributed by atoms with E-state index in [0.29, 0.717) is 12.2 Å². The van der Waals surface area contributed by atoms with Gasteiger partial charge in [0.05, 0.1) is 6.61 Å². The standard InChI is InChI=1S/C19H21NO2/c1-15(14-22-2)20-19(21)18(17-11-7-4-8-12-17)13-16-9-5-3-6-10-16/h3-13,15H,14H2,1-2H3,(H,20,21)/b18-13+/t15-/m1/s1. The van der Waals surface area contributed by atoms with E-state index in [1.165, 1.54) is 0 Å². The van der Waals surface area contributed by atoms with Gasteiger partial charge in [0.25, 0.3) is 5.91 Å². The molecule has 0 aliphatic rings. The second kappa shape index (κ2) is 8.15. The molecule has 2 aromatic rings. The fourth-order valence-electron chi connectivity index (χ4n) is 2.21. The van der Waals surface area contributed by atoms with E-state index in [0.717, 1.165) is 11.1 Å². The molecule has 0 heterocycles. The van der Waals surface area contributed by atoms with Gasteiger partial charge >= 0.3 is 0 Å². The summed E-state index contributed by atoms with van der Waals surface area (Å²) in [4.78, 5) is 12.6. The third-order valence-electron chi connectivity index (χ3n) is 3.23. The van der Waals surface area contributed by atoms with Crippen molar-refractivity contribution < 1.29 is 9.53 Å². The maximum absolute atomic E-state index is 12.6. The van der Waals surface area contributed by atoms with Gasteiger partial charge < -0.3 is 10.1 Å². The topological polar surface area (TPSA) is 38.3 Å². The zero-order valence-corrected chi connectivity index (χ0v) is 13.0. The maximum atomic E-state index is 12.6. The first kappa shape index (κ1) is 16.0. The van der Waals surface area contributed by atoms with Gasteiger partial charge in [0.1, 0.15) is 0 Å². The van der Waals surface area contributed by atoms with Gasteiger partial charge in [0.2, 0.25) is 0 Å². The minimum atomic E-state index is -0.0976. The average Bonchev–Trinajstić information content (AvgIpc) is 2.54. The summed E-state index contributed by atoms with van der Waals surface area (Å²) in [5.41, 5.74) is 2.54. The van der Waals surface area contributed by atoms with Crippen molar-refractivity contribution in [3.05, 3.63) is 71.8 Å². The second-order valence-electron chi connectivity index (χ2n) is 5.16. The number of methoxy groups -OCH3 is 1.